The fourth-order valence-electron chi connectivity index (χ4n) is 1.23. The molecular formula is C9H7FN. The van der Waals surface area contributed by atoms with Crippen molar-refractivity contribution in [3.63, 3.8) is 0 Å². The summed E-state index contributed by atoms with van der Waals surface area (Å²) in [6.45, 7) is 1.85. The molecule has 1 aromatic carbocycles. The zero-order valence-corrected chi connectivity index (χ0v) is 6.13. The van der Waals surface area contributed by atoms with Crippen LogP contribution in [0.15, 0.2) is 24.3 Å². The SMILES string of the molecule is Cc1[c]n(F)c2ccccc12. The van der Waals surface area contributed by atoms with E-state index in [1.165, 1.54) is 0 Å². The number of para-hydroxylation sites is 1. The van der Waals surface area contributed by atoms with Crippen molar-refractivity contribution in [3.8, 4) is 0 Å². The molecule has 1 radical (unpaired) electrons. The van der Waals surface area contributed by atoms with Crippen LogP contribution >= 0.6 is 0 Å². The van der Waals surface area contributed by atoms with Crippen molar-refractivity contribution in [1.29, 1.82) is 0 Å². The zero-order valence-electron chi connectivity index (χ0n) is 6.13. The van der Waals surface area contributed by atoms with Crippen LogP contribution < -0.4 is 0 Å². The quantitative estimate of drug-likeness (QED) is 0.541. The van der Waals surface area contributed by atoms with Gasteiger partial charge in [0.05, 0.1) is 5.52 Å². The third kappa shape index (κ3) is 0.827. The summed E-state index contributed by atoms with van der Waals surface area (Å²) >= 11 is 0. The number of benzene rings is 1. The molecule has 0 aliphatic rings. The van der Waals surface area contributed by atoms with Gasteiger partial charge in [0.15, 0.2) is 0 Å². The number of hydrogen-bond acceptors (Lipinski definition) is 0. The highest BCUT2D eigenvalue weighted by Gasteiger charge is 2.02. The topological polar surface area (TPSA) is 4.93 Å². The van der Waals surface area contributed by atoms with E-state index in [1.54, 1.807) is 6.07 Å². The Bertz CT molecular complexity index is 353. The molecule has 0 fully saturated rings. The molecule has 1 nitrogen and oxygen atoms in total. The van der Waals surface area contributed by atoms with Gasteiger partial charge in [0.1, 0.15) is 6.20 Å². The Morgan fingerprint density at radius 2 is 2.09 bits per heavy atom. The minimum absolute atomic E-state index is 0.532. The van der Waals surface area contributed by atoms with Gasteiger partial charge in [-0.3, -0.25) is 0 Å². The van der Waals surface area contributed by atoms with Crippen LogP contribution in [0, 0.1) is 13.1 Å². The lowest BCUT2D eigenvalue weighted by Gasteiger charge is -1.88. The maximum atomic E-state index is 12.9. The van der Waals surface area contributed by atoms with Crippen LogP contribution in [0.2, 0.25) is 0 Å². The van der Waals surface area contributed by atoms with Crippen LogP contribution in [0.1, 0.15) is 5.56 Å². The minimum atomic E-state index is 0.532. The van der Waals surface area contributed by atoms with E-state index >= 15 is 0 Å². The van der Waals surface area contributed by atoms with E-state index in [1.807, 2.05) is 25.1 Å². The number of rotatable bonds is 0. The van der Waals surface area contributed by atoms with Crippen molar-refractivity contribution < 1.29 is 4.48 Å². The number of aryl methyl sites for hydroxylation is 1. The van der Waals surface area contributed by atoms with Gasteiger partial charge in [-0.25, -0.2) is 0 Å². The van der Waals surface area contributed by atoms with E-state index < -0.39 is 0 Å². The molecule has 0 spiro atoms. The summed E-state index contributed by atoms with van der Waals surface area (Å²) < 4.78 is 12.9. The fraction of sp³-hybridized carbons (Fsp3) is 0.111. The summed E-state index contributed by atoms with van der Waals surface area (Å²) in [7, 11) is 0. The summed E-state index contributed by atoms with van der Waals surface area (Å²) in [4.78, 5) is 0.532. The number of aromatic nitrogens is 1. The third-order valence-corrected chi connectivity index (χ3v) is 1.79. The van der Waals surface area contributed by atoms with Crippen molar-refractivity contribution in [2.45, 2.75) is 6.92 Å². The molecule has 1 aromatic heterocycles. The molecule has 0 unspecified atom stereocenters. The summed E-state index contributed by atoms with van der Waals surface area (Å²) in [6.07, 6.45) is 2.57. The second-order valence-corrected chi connectivity index (χ2v) is 2.53. The smallest absolute Gasteiger partial charge is 0.105 e. The molecule has 0 amide bonds. The summed E-state index contributed by atoms with van der Waals surface area (Å²) in [6, 6.07) is 7.32. The molecule has 0 N–H and O–H groups in total. The summed E-state index contributed by atoms with van der Waals surface area (Å²) in [5.74, 6) is 0. The van der Waals surface area contributed by atoms with E-state index in [2.05, 4.69) is 6.20 Å². The molecule has 1 heterocycles. The van der Waals surface area contributed by atoms with Crippen molar-refractivity contribution in [2.24, 2.45) is 0 Å². The Hall–Kier alpha value is -1.31. The van der Waals surface area contributed by atoms with E-state index in [0.29, 0.717) is 10.3 Å². The molecule has 55 valence electrons. The maximum absolute atomic E-state index is 12.9. The first-order chi connectivity index (χ1) is 5.29. The minimum Gasteiger partial charge on any atom is -0.177 e. The Balaban J connectivity index is 2.95. The lowest BCUT2D eigenvalue weighted by molar-refractivity contribution is 0.384. The Labute approximate surface area is 64.0 Å². The Kier molecular flexibility index (Phi) is 1.22. The first-order valence-corrected chi connectivity index (χ1v) is 3.44. The van der Waals surface area contributed by atoms with Crippen molar-refractivity contribution in [1.82, 2.24) is 4.79 Å². The van der Waals surface area contributed by atoms with Crippen molar-refractivity contribution in [2.75, 3.05) is 0 Å². The van der Waals surface area contributed by atoms with Crippen LogP contribution in [0.3, 0.4) is 0 Å². The number of halogens is 1. The van der Waals surface area contributed by atoms with E-state index in [4.69, 9.17) is 0 Å². The van der Waals surface area contributed by atoms with Gasteiger partial charge < -0.3 is 0 Å². The molecule has 0 saturated carbocycles. The third-order valence-electron chi connectivity index (χ3n) is 1.79. The molecule has 2 heteroatoms. The second kappa shape index (κ2) is 2.09. The summed E-state index contributed by atoms with van der Waals surface area (Å²) in [5.41, 5.74) is 1.44. The predicted molar refractivity (Wildman–Crippen MR) is 42.0 cm³/mol. The van der Waals surface area contributed by atoms with Gasteiger partial charge >= 0.3 is 0 Å². The highest BCUT2D eigenvalue weighted by atomic mass is 19.2. The van der Waals surface area contributed by atoms with Gasteiger partial charge in [-0.2, -0.15) is 4.79 Å². The van der Waals surface area contributed by atoms with E-state index in [-0.39, 0.29) is 0 Å². The molecule has 2 aromatic rings. The molecule has 11 heavy (non-hydrogen) atoms. The lowest BCUT2D eigenvalue weighted by Crippen LogP contribution is -1.75. The first kappa shape index (κ1) is 6.40. The second-order valence-electron chi connectivity index (χ2n) is 2.53. The number of fused-ring (bicyclic) bond motifs is 1. The van der Waals surface area contributed by atoms with Gasteiger partial charge in [0.2, 0.25) is 0 Å². The maximum Gasteiger partial charge on any atom is 0.105 e. The number of nitrogens with zero attached hydrogens (tertiary/aromatic N) is 1. The Morgan fingerprint density at radius 3 is 2.82 bits per heavy atom. The van der Waals surface area contributed by atoms with Gasteiger partial charge in [-0.15, -0.1) is 0 Å². The van der Waals surface area contributed by atoms with E-state index in [9.17, 15) is 4.48 Å². The van der Waals surface area contributed by atoms with Crippen LogP contribution in [0.4, 0.5) is 4.48 Å². The predicted octanol–water partition coefficient (Wildman–Crippen LogP) is 2.48. The van der Waals surface area contributed by atoms with Gasteiger partial charge in [0, 0.05) is 5.39 Å². The first-order valence-electron chi connectivity index (χ1n) is 3.44. The molecule has 0 bridgehead atoms. The highest BCUT2D eigenvalue weighted by molar-refractivity contribution is 5.82. The highest BCUT2D eigenvalue weighted by Crippen LogP contribution is 2.18. The average molecular weight is 148 g/mol. The van der Waals surface area contributed by atoms with Crippen LogP contribution in [-0.2, 0) is 0 Å². The van der Waals surface area contributed by atoms with Crippen LogP contribution in [-0.4, -0.2) is 4.79 Å². The average Bonchev–Trinajstić information content (AvgIpc) is 2.30. The largest absolute Gasteiger partial charge is 0.177 e. The lowest BCUT2D eigenvalue weighted by atomic mass is 10.2. The van der Waals surface area contributed by atoms with Gasteiger partial charge in [-0.05, 0) is 18.6 Å². The summed E-state index contributed by atoms with van der Waals surface area (Å²) in [5, 5.41) is 0.926. The van der Waals surface area contributed by atoms with Crippen LogP contribution in [0.25, 0.3) is 10.9 Å². The molecular weight excluding hydrogens is 141 g/mol. The normalized spacial score (nSPS) is 10.7. The molecule has 0 saturated heterocycles. The molecule has 2 rings (SSSR count). The zero-order chi connectivity index (χ0) is 7.84. The molecule has 0 atom stereocenters. The van der Waals surface area contributed by atoms with Gasteiger partial charge in [-0.1, -0.05) is 22.7 Å². The monoisotopic (exact) mass is 148 g/mol. The molecule has 0 aliphatic heterocycles. The Morgan fingerprint density at radius 1 is 1.36 bits per heavy atom. The standard InChI is InChI=1S/C9H7FN/c1-7-6-11(10)9-5-3-2-4-8(7)9/h2-5H,1H3. The van der Waals surface area contributed by atoms with Crippen molar-refractivity contribution >= 4 is 10.9 Å². The molecule has 0 aliphatic carbocycles. The van der Waals surface area contributed by atoms with Crippen LogP contribution in [0.5, 0.6) is 0 Å². The van der Waals surface area contributed by atoms with Crippen molar-refractivity contribution in [3.05, 3.63) is 36.0 Å². The fourth-order valence-corrected chi connectivity index (χ4v) is 1.23. The van der Waals surface area contributed by atoms with E-state index in [0.717, 1.165) is 10.9 Å². The number of hydrogen-bond donors (Lipinski definition) is 0. The van der Waals surface area contributed by atoms with Gasteiger partial charge in [0.25, 0.3) is 0 Å².